The van der Waals surface area contributed by atoms with Gasteiger partial charge in [0.15, 0.2) is 0 Å². The van der Waals surface area contributed by atoms with Crippen molar-refractivity contribution in [1.82, 2.24) is 0 Å². The van der Waals surface area contributed by atoms with Crippen LogP contribution in [0.5, 0.6) is 0 Å². The highest BCUT2D eigenvalue weighted by Gasteiger charge is 2.29. The summed E-state index contributed by atoms with van der Waals surface area (Å²) in [7, 11) is 0. The maximum absolute atomic E-state index is 11.7. The number of carbonyl (C=O) groups is 1. The molecule has 122 valence electrons. The molecule has 5 heteroatoms. The second-order valence-corrected chi connectivity index (χ2v) is 6.59. The normalized spacial score (nSPS) is 20.9. The first-order chi connectivity index (χ1) is 10.4. The number of nitrogens with one attached hydrogen (secondary N) is 2. The van der Waals surface area contributed by atoms with Gasteiger partial charge in [0.2, 0.25) is 0 Å². The summed E-state index contributed by atoms with van der Waals surface area (Å²) in [6.07, 6.45) is 2.06. The number of amides is 1. The minimum Gasteiger partial charge on any atom is -0.444 e. The summed E-state index contributed by atoms with van der Waals surface area (Å²) in [5.74, 6) is 0. The predicted molar refractivity (Wildman–Crippen MR) is 88.4 cm³/mol. The van der Waals surface area contributed by atoms with Gasteiger partial charge in [-0.05, 0) is 64.8 Å². The van der Waals surface area contributed by atoms with E-state index >= 15 is 0 Å². The molecule has 0 saturated heterocycles. The van der Waals surface area contributed by atoms with Crippen molar-refractivity contribution in [1.29, 1.82) is 0 Å². The van der Waals surface area contributed by atoms with Crippen LogP contribution in [0.2, 0.25) is 0 Å². The van der Waals surface area contributed by atoms with Gasteiger partial charge in [-0.2, -0.15) is 0 Å². The average Bonchev–Trinajstić information content (AvgIpc) is 2.36. The zero-order chi connectivity index (χ0) is 16.2. The van der Waals surface area contributed by atoms with Gasteiger partial charge in [-0.1, -0.05) is 0 Å². The Morgan fingerprint density at radius 2 is 1.77 bits per heavy atom. The van der Waals surface area contributed by atoms with E-state index in [1.165, 1.54) is 0 Å². The molecule has 1 aromatic carbocycles. The molecule has 2 N–H and O–H groups in total. The van der Waals surface area contributed by atoms with Crippen LogP contribution in [0, 0.1) is 0 Å². The molecule has 1 fully saturated rings. The van der Waals surface area contributed by atoms with Crippen LogP contribution in [0.15, 0.2) is 24.3 Å². The summed E-state index contributed by atoms with van der Waals surface area (Å²) >= 11 is 0. The molecule has 1 amide bonds. The zero-order valence-corrected chi connectivity index (χ0v) is 13.8. The van der Waals surface area contributed by atoms with Gasteiger partial charge >= 0.3 is 6.09 Å². The minimum absolute atomic E-state index is 0.399. The quantitative estimate of drug-likeness (QED) is 0.863. The Kier molecular flexibility index (Phi) is 5.29. The monoisotopic (exact) mass is 306 g/mol. The van der Waals surface area contributed by atoms with Crippen molar-refractivity contribution in [3.05, 3.63) is 24.3 Å². The van der Waals surface area contributed by atoms with Crippen LogP contribution in [0.1, 0.15) is 40.5 Å². The van der Waals surface area contributed by atoms with E-state index in [9.17, 15) is 4.79 Å². The largest absolute Gasteiger partial charge is 0.444 e. The topological polar surface area (TPSA) is 59.6 Å². The first kappa shape index (κ1) is 16.6. The summed E-state index contributed by atoms with van der Waals surface area (Å²) in [5.41, 5.74) is 1.28. The number of anilines is 2. The standard InChI is InChI=1S/C17H26N2O3/c1-5-21-15-10-14(11-15)18-12-6-8-13(9-7-12)19-16(20)22-17(2,3)4/h6-9,14-15,18H,5,10-11H2,1-4H3,(H,19,20). The van der Waals surface area contributed by atoms with E-state index in [1.54, 1.807) is 0 Å². The molecule has 2 rings (SSSR count). The third kappa shape index (κ3) is 5.22. The highest BCUT2D eigenvalue weighted by molar-refractivity contribution is 5.85. The molecule has 0 heterocycles. The van der Waals surface area contributed by atoms with Crippen molar-refractivity contribution >= 4 is 17.5 Å². The smallest absolute Gasteiger partial charge is 0.412 e. The number of hydrogen-bond acceptors (Lipinski definition) is 4. The van der Waals surface area contributed by atoms with Crippen molar-refractivity contribution in [2.24, 2.45) is 0 Å². The number of rotatable bonds is 5. The Hall–Kier alpha value is -1.75. The predicted octanol–water partition coefficient (Wildman–Crippen LogP) is 4.01. The van der Waals surface area contributed by atoms with Gasteiger partial charge in [0.1, 0.15) is 5.60 Å². The number of carbonyl (C=O) groups excluding carboxylic acids is 1. The van der Waals surface area contributed by atoms with Gasteiger partial charge in [-0.3, -0.25) is 5.32 Å². The summed E-state index contributed by atoms with van der Waals surface area (Å²) in [6, 6.07) is 8.12. The van der Waals surface area contributed by atoms with Gasteiger partial charge in [0.05, 0.1) is 6.10 Å². The average molecular weight is 306 g/mol. The Morgan fingerprint density at radius 3 is 2.32 bits per heavy atom. The molecular weight excluding hydrogens is 280 g/mol. The molecule has 1 saturated carbocycles. The summed E-state index contributed by atoms with van der Waals surface area (Å²) in [4.78, 5) is 11.7. The summed E-state index contributed by atoms with van der Waals surface area (Å²) < 4.78 is 10.8. The maximum atomic E-state index is 11.7. The lowest BCUT2D eigenvalue weighted by atomic mass is 9.89. The minimum atomic E-state index is -0.493. The van der Waals surface area contributed by atoms with E-state index < -0.39 is 11.7 Å². The van der Waals surface area contributed by atoms with Crippen molar-refractivity contribution in [3.63, 3.8) is 0 Å². The zero-order valence-electron chi connectivity index (χ0n) is 13.8. The molecule has 0 aliphatic heterocycles. The van der Waals surface area contributed by atoms with E-state index in [0.29, 0.717) is 12.1 Å². The molecule has 22 heavy (non-hydrogen) atoms. The summed E-state index contributed by atoms with van der Waals surface area (Å²) in [6.45, 7) is 8.33. The SMILES string of the molecule is CCOC1CC(Nc2ccc(NC(=O)OC(C)(C)C)cc2)C1. The highest BCUT2D eigenvalue weighted by atomic mass is 16.6. The molecule has 0 spiro atoms. The van der Waals surface area contributed by atoms with Crippen LogP contribution in [-0.2, 0) is 9.47 Å². The van der Waals surface area contributed by atoms with Crippen LogP contribution in [-0.4, -0.2) is 30.4 Å². The lowest BCUT2D eigenvalue weighted by Gasteiger charge is -2.36. The van der Waals surface area contributed by atoms with Crippen LogP contribution in [0.3, 0.4) is 0 Å². The van der Waals surface area contributed by atoms with Gasteiger partial charge in [-0.25, -0.2) is 4.79 Å². The van der Waals surface area contributed by atoms with E-state index in [-0.39, 0.29) is 0 Å². The van der Waals surface area contributed by atoms with E-state index in [2.05, 4.69) is 10.6 Å². The molecule has 0 aromatic heterocycles. The molecule has 5 nitrogen and oxygen atoms in total. The fourth-order valence-electron chi connectivity index (χ4n) is 2.36. The van der Waals surface area contributed by atoms with Gasteiger partial charge < -0.3 is 14.8 Å². The summed E-state index contributed by atoms with van der Waals surface area (Å²) in [5, 5.41) is 6.18. The van der Waals surface area contributed by atoms with E-state index in [4.69, 9.17) is 9.47 Å². The van der Waals surface area contributed by atoms with Crippen LogP contribution in [0.25, 0.3) is 0 Å². The number of hydrogen-bond donors (Lipinski definition) is 2. The van der Waals surface area contributed by atoms with Crippen molar-refractivity contribution in [2.75, 3.05) is 17.2 Å². The third-order valence-corrected chi connectivity index (χ3v) is 3.40. The van der Waals surface area contributed by atoms with Crippen molar-refractivity contribution in [3.8, 4) is 0 Å². The molecule has 0 unspecified atom stereocenters. The van der Waals surface area contributed by atoms with E-state index in [1.807, 2.05) is 52.0 Å². The highest BCUT2D eigenvalue weighted by Crippen LogP contribution is 2.27. The molecule has 0 radical (unpaired) electrons. The second kappa shape index (κ2) is 7.01. The molecular formula is C17H26N2O3. The Morgan fingerprint density at radius 1 is 1.18 bits per heavy atom. The lowest BCUT2D eigenvalue weighted by molar-refractivity contribution is 0.00299. The van der Waals surface area contributed by atoms with Gasteiger partial charge in [0, 0.05) is 24.0 Å². The Labute approximate surface area is 132 Å². The van der Waals surface area contributed by atoms with Crippen molar-refractivity contribution < 1.29 is 14.3 Å². The Balaban J connectivity index is 1.77. The van der Waals surface area contributed by atoms with Crippen LogP contribution < -0.4 is 10.6 Å². The van der Waals surface area contributed by atoms with Crippen LogP contribution >= 0.6 is 0 Å². The molecule has 1 aliphatic carbocycles. The molecule has 0 bridgehead atoms. The van der Waals surface area contributed by atoms with Gasteiger partial charge in [0.25, 0.3) is 0 Å². The maximum Gasteiger partial charge on any atom is 0.412 e. The van der Waals surface area contributed by atoms with Gasteiger partial charge in [-0.15, -0.1) is 0 Å². The number of benzene rings is 1. The van der Waals surface area contributed by atoms with E-state index in [0.717, 1.165) is 30.8 Å². The fourth-order valence-corrected chi connectivity index (χ4v) is 2.36. The Bertz CT molecular complexity index is 488. The fraction of sp³-hybridized carbons (Fsp3) is 0.588. The molecule has 1 aromatic rings. The first-order valence-corrected chi connectivity index (χ1v) is 7.84. The molecule has 1 aliphatic rings. The molecule has 0 atom stereocenters. The first-order valence-electron chi connectivity index (χ1n) is 7.84. The van der Waals surface area contributed by atoms with Crippen LogP contribution in [0.4, 0.5) is 16.2 Å². The second-order valence-electron chi connectivity index (χ2n) is 6.59. The lowest BCUT2D eigenvalue weighted by Crippen LogP contribution is -2.40. The third-order valence-electron chi connectivity index (χ3n) is 3.40. The number of ether oxygens (including phenoxy) is 2. The van der Waals surface area contributed by atoms with Crippen molar-refractivity contribution in [2.45, 2.75) is 58.3 Å².